The van der Waals surface area contributed by atoms with Crippen LogP contribution in [-0.2, 0) is 0 Å². The van der Waals surface area contributed by atoms with Crippen LogP contribution in [0.2, 0.25) is 0 Å². The van der Waals surface area contributed by atoms with E-state index in [1.807, 2.05) is 67.6 Å². The van der Waals surface area contributed by atoms with Gasteiger partial charge in [-0.1, -0.05) is 31.0 Å². The number of nitrogens with one attached hydrogen (secondary N) is 1. The van der Waals surface area contributed by atoms with E-state index in [0.717, 1.165) is 47.7 Å². The van der Waals surface area contributed by atoms with Crippen molar-refractivity contribution in [3.05, 3.63) is 66.4 Å². The average Bonchev–Trinajstić information content (AvgIpc) is 3.00. The third kappa shape index (κ3) is 4.80. The van der Waals surface area contributed by atoms with Gasteiger partial charge in [0, 0.05) is 30.5 Å². The molecule has 1 N–H and O–H groups in total. The molecule has 2 heterocycles. The molecule has 3 aromatic rings. The fraction of sp³-hybridized carbons (Fsp3) is 0.304. The number of hydrogen-bond donors (Lipinski definition) is 1. The van der Waals surface area contributed by atoms with Crippen LogP contribution in [0.25, 0.3) is 0 Å². The highest BCUT2D eigenvalue weighted by Crippen LogP contribution is 2.25. The minimum Gasteiger partial charge on any atom is -0.457 e. The van der Waals surface area contributed by atoms with Crippen molar-refractivity contribution in [2.45, 2.75) is 32.6 Å². The van der Waals surface area contributed by atoms with E-state index in [0.29, 0.717) is 0 Å². The van der Waals surface area contributed by atoms with Gasteiger partial charge in [0.05, 0.1) is 0 Å². The lowest BCUT2D eigenvalue weighted by Crippen LogP contribution is -2.26. The molecule has 5 heteroatoms. The van der Waals surface area contributed by atoms with Gasteiger partial charge in [-0.05, 0) is 56.2 Å². The van der Waals surface area contributed by atoms with E-state index in [4.69, 9.17) is 9.72 Å². The van der Waals surface area contributed by atoms with Gasteiger partial charge in [0.15, 0.2) is 0 Å². The topological polar surface area (TPSA) is 50.3 Å². The second-order valence-electron chi connectivity index (χ2n) is 7.16. The molecule has 144 valence electrons. The summed E-state index contributed by atoms with van der Waals surface area (Å²) in [5.41, 5.74) is 1.95. The Kier molecular flexibility index (Phi) is 5.71. The second-order valence-corrected chi connectivity index (χ2v) is 7.16. The van der Waals surface area contributed by atoms with E-state index in [9.17, 15) is 0 Å². The second kappa shape index (κ2) is 8.74. The zero-order chi connectivity index (χ0) is 19.2. The molecule has 1 saturated heterocycles. The van der Waals surface area contributed by atoms with Crippen molar-refractivity contribution in [2.75, 3.05) is 23.3 Å². The summed E-state index contributed by atoms with van der Waals surface area (Å²) in [6.45, 7) is 4.09. The maximum Gasteiger partial charge on any atom is 0.227 e. The molecule has 0 spiro atoms. The Morgan fingerprint density at radius 1 is 0.821 bits per heavy atom. The summed E-state index contributed by atoms with van der Waals surface area (Å²) >= 11 is 0. The van der Waals surface area contributed by atoms with Crippen LogP contribution in [0.3, 0.4) is 0 Å². The van der Waals surface area contributed by atoms with Crippen molar-refractivity contribution in [1.82, 2.24) is 9.97 Å². The van der Waals surface area contributed by atoms with Crippen LogP contribution in [0, 0.1) is 6.92 Å². The summed E-state index contributed by atoms with van der Waals surface area (Å²) in [6, 6.07) is 19.7. The standard InChI is InChI=1S/C23H26N4O/c1-18-17-22(26-23(24-18)27-15-7-2-3-8-16-27)25-19-11-13-21(14-12-19)28-20-9-5-4-6-10-20/h4-6,9-14,17H,2-3,7-8,15-16H2,1H3,(H,24,25,26). The highest BCUT2D eigenvalue weighted by molar-refractivity contribution is 5.59. The summed E-state index contributed by atoms with van der Waals surface area (Å²) in [5, 5.41) is 3.40. The van der Waals surface area contributed by atoms with Crippen LogP contribution >= 0.6 is 0 Å². The van der Waals surface area contributed by atoms with Gasteiger partial charge >= 0.3 is 0 Å². The minimum atomic E-state index is 0.806. The predicted molar refractivity (Wildman–Crippen MR) is 114 cm³/mol. The number of para-hydroxylation sites is 1. The minimum absolute atomic E-state index is 0.806. The smallest absolute Gasteiger partial charge is 0.227 e. The Morgan fingerprint density at radius 3 is 2.21 bits per heavy atom. The third-order valence-corrected chi connectivity index (χ3v) is 4.84. The van der Waals surface area contributed by atoms with Crippen LogP contribution in [0.4, 0.5) is 17.5 Å². The number of ether oxygens (including phenoxy) is 1. The van der Waals surface area contributed by atoms with Gasteiger partial charge in [-0.25, -0.2) is 4.98 Å². The number of rotatable bonds is 5. The highest BCUT2D eigenvalue weighted by atomic mass is 16.5. The van der Waals surface area contributed by atoms with E-state index >= 15 is 0 Å². The van der Waals surface area contributed by atoms with Crippen molar-refractivity contribution in [1.29, 1.82) is 0 Å². The van der Waals surface area contributed by atoms with Crippen LogP contribution in [-0.4, -0.2) is 23.1 Å². The molecule has 2 aromatic carbocycles. The molecular weight excluding hydrogens is 348 g/mol. The predicted octanol–water partition coefficient (Wildman–Crippen LogP) is 5.70. The van der Waals surface area contributed by atoms with Gasteiger partial charge < -0.3 is 15.0 Å². The first-order valence-corrected chi connectivity index (χ1v) is 9.97. The van der Waals surface area contributed by atoms with E-state index in [-0.39, 0.29) is 0 Å². The molecule has 0 radical (unpaired) electrons. The molecule has 1 fully saturated rings. The summed E-state index contributed by atoms with van der Waals surface area (Å²) in [4.78, 5) is 11.7. The Balaban J connectivity index is 1.46. The van der Waals surface area contributed by atoms with E-state index in [2.05, 4.69) is 15.2 Å². The summed E-state index contributed by atoms with van der Waals surface area (Å²) < 4.78 is 5.85. The molecule has 28 heavy (non-hydrogen) atoms. The monoisotopic (exact) mass is 374 g/mol. The van der Waals surface area contributed by atoms with Crippen LogP contribution in [0.15, 0.2) is 60.7 Å². The van der Waals surface area contributed by atoms with Crippen molar-refractivity contribution < 1.29 is 4.74 Å². The van der Waals surface area contributed by atoms with Crippen molar-refractivity contribution in [2.24, 2.45) is 0 Å². The Morgan fingerprint density at radius 2 is 1.50 bits per heavy atom. The lowest BCUT2D eigenvalue weighted by Gasteiger charge is -2.21. The van der Waals surface area contributed by atoms with Gasteiger partial charge in [0.25, 0.3) is 0 Å². The maximum atomic E-state index is 5.85. The quantitative estimate of drug-likeness (QED) is 0.621. The molecule has 0 bridgehead atoms. The van der Waals surface area contributed by atoms with E-state index < -0.39 is 0 Å². The van der Waals surface area contributed by atoms with Gasteiger partial charge in [0.1, 0.15) is 17.3 Å². The average molecular weight is 374 g/mol. The van der Waals surface area contributed by atoms with E-state index in [1.54, 1.807) is 0 Å². The number of nitrogens with zero attached hydrogens (tertiary/aromatic N) is 3. The van der Waals surface area contributed by atoms with Gasteiger partial charge in [0.2, 0.25) is 5.95 Å². The Hall–Kier alpha value is -3.08. The molecule has 0 aliphatic carbocycles. The Bertz CT molecular complexity index is 888. The molecule has 1 aliphatic heterocycles. The molecule has 0 saturated carbocycles. The molecule has 1 aliphatic rings. The molecule has 0 atom stereocenters. The normalized spacial score (nSPS) is 14.4. The number of anilines is 3. The fourth-order valence-electron chi connectivity index (χ4n) is 3.41. The van der Waals surface area contributed by atoms with E-state index in [1.165, 1.54) is 25.7 Å². The van der Waals surface area contributed by atoms with Crippen LogP contribution in [0.1, 0.15) is 31.4 Å². The SMILES string of the molecule is Cc1cc(Nc2ccc(Oc3ccccc3)cc2)nc(N2CCCCCC2)n1. The first kappa shape index (κ1) is 18.3. The molecule has 0 amide bonds. The zero-order valence-corrected chi connectivity index (χ0v) is 16.3. The highest BCUT2D eigenvalue weighted by Gasteiger charge is 2.14. The Labute approximate surface area is 166 Å². The lowest BCUT2D eigenvalue weighted by molar-refractivity contribution is 0.483. The van der Waals surface area contributed by atoms with Crippen molar-refractivity contribution in [3.8, 4) is 11.5 Å². The van der Waals surface area contributed by atoms with Crippen LogP contribution < -0.4 is 15.0 Å². The first-order valence-electron chi connectivity index (χ1n) is 9.97. The lowest BCUT2D eigenvalue weighted by atomic mass is 10.2. The van der Waals surface area contributed by atoms with Crippen LogP contribution in [0.5, 0.6) is 11.5 Å². The number of aromatic nitrogens is 2. The molecule has 4 rings (SSSR count). The first-order chi connectivity index (χ1) is 13.8. The molecular formula is C23H26N4O. The van der Waals surface area contributed by atoms with Gasteiger partial charge in [-0.2, -0.15) is 4.98 Å². The maximum absolute atomic E-state index is 5.85. The molecule has 5 nitrogen and oxygen atoms in total. The third-order valence-electron chi connectivity index (χ3n) is 4.84. The molecule has 1 aromatic heterocycles. The number of benzene rings is 2. The summed E-state index contributed by atoms with van der Waals surface area (Å²) in [5.74, 6) is 3.29. The number of aryl methyl sites for hydroxylation is 1. The largest absolute Gasteiger partial charge is 0.457 e. The number of hydrogen-bond acceptors (Lipinski definition) is 5. The van der Waals surface area contributed by atoms with Crippen molar-refractivity contribution >= 4 is 17.5 Å². The summed E-state index contributed by atoms with van der Waals surface area (Å²) in [6.07, 6.45) is 5.02. The van der Waals surface area contributed by atoms with Crippen molar-refractivity contribution in [3.63, 3.8) is 0 Å². The van der Waals surface area contributed by atoms with Gasteiger partial charge in [-0.3, -0.25) is 0 Å². The fourth-order valence-corrected chi connectivity index (χ4v) is 3.41. The summed E-state index contributed by atoms with van der Waals surface area (Å²) in [7, 11) is 0. The van der Waals surface area contributed by atoms with Gasteiger partial charge in [-0.15, -0.1) is 0 Å². The molecule has 0 unspecified atom stereocenters. The zero-order valence-electron chi connectivity index (χ0n) is 16.3.